The summed E-state index contributed by atoms with van der Waals surface area (Å²) in [6, 6.07) is 0.285. The second-order valence-corrected chi connectivity index (χ2v) is 11.4. The molecule has 3 fully saturated rings. The van der Waals surface area contributed by atoms with E-state index in [2.05, 4.69) is 22.4 Å². The third-order valence-corrected chi connectivity index (χ3v) is 9.15. The normalized spacial score (nSPS) is 32.4. The van der Waals surface area contributed by atoms with Crippen molar-refractivity contribution in [1.82, 2.24) is 15.1 Å². The maximum atomic E-state index is 13.3. The smallest absolute Gasteiger partial charge is 0.242 e. The van der Waals surface area contributed by atoms with Gasteiger partial charge in [-0.2, -0.15) is 11.8 Å². The molecule has 0 spiro atoms. The lowest BCUT2D eigenvalue weighted by molar-refractivity contribution is -0.138. The van der Waals surface area contributed by atoms with Gasteiger partial charge in [0.1, 0.15) is 0 Å². The van der Waals surface area contributed by atoms with Crippen molar-refractivity contribution < 1.29 is 19.2 Å². The molecule has 4 rings (SSSR count). The van der Waals surface area contributed by atoms with Crippen LogP contribution < -0.4 is 5.32 Å². The van der Waals surface area contributed by atoms with E-state index in [1.165, 1.54) is 55.2 Å². The van der Waals surface area contributed by atoms with E-state index in [0.29, 0.717) is 30.7 Å². The number of nitrogens with zero attached hydrogens (tertiary/aromatic N) is 2. The highest BCUT2D eigenvalue weighted by atomic mass is 32.2. The van der Waals surface area contributed by atoms with Crippen molar-refractivity contribution in [2.75, 3.05) is 25.9 Å². The van der Waals surface area contributed by atoms with E-state index in [9.17, 15) is 19.2 Å². The fourth-order valence-electron chi connectivity index (χ4n) is 6.25. The van der Waals surface area contributed by atoms with Gasteiger partial charge in [0.25, 0.3) is 0 Å². The first-order valence-corrected chi connectivity index (χ1v) is 14.4. The number of thioether (sulfide) groups is 1. The zero-order chi connectivity index (χ0) is 24.1. The fraction of sp³-hybridized carbons (Fsp3) is 0.769. The summed E-state index contributed by atoms with van der Waals surface area (Å²) in [5.74, 6) is 1.11. The summed E-state index contributed by atoms with van der Waals surface area (Å²) in [5, 5.41) is 2.51. The molecule has 5 atom stereocenters. The van der Waals surface area contributed by atoms with Gasteiger partial charge in [-0.15, -0.1) is 0 Å². The van der Waals surface area contributed by atoms with Crippen LogP contribution in [-0.4, -0.2) is 70.6 Å². The van der Waals surface area contributed by atoms with Crippen LogP contribution in [0.3, 0.4) is 0 Å². The van der Waals surface area contributed by atoms with E-state index in [0.717, 1.165) is 19.4 Å². The van der Waals surface area contributed by atoms with Gasteiger partial charge in [-0.05, 0) is 49.7 Å². The average Bonchev–Trinajstić information content (AvgIpc) is 3.11. The largest absolute Gasteiger partial charge is 0.356 e. The van der Waals surface area contributed by atoms with E-state index in [4.69, 9.17) is 0 Å². The van der Waals surface area contributed by atoms with Crippen LogP contribution in [0, 0.1) is 17.8 Å². The van der Waals surface area contributed by atoms with Gasteiger partial charge in [-0.25, -0.2) is 0 Å². The zero-order valence-corrected chi connectivity index (χ0v) is 21.2. The van der Waals surface area contributed by atoms with E-state index < -0.39 is 0 Å². The molecular formula is C26H39N3O4S. The molecule has 0 aromatic carbocycles. The van der Waals surface area contributed by atoms with E-state index in [1.54, 1.807) is 0 Å². The Balaban J connectivity index is 1.28. The van der Waals surface area contributed by atoms with Gasteiger partial charge < -0.3 is 10.2 Å². The predicted octanol–water partition coefficient (Wildman–Crippen LogP) is 3.14. The molecule has 8 heteroatoms. The zero-order valence-electron chi connectivity index (χ0n) is 20.4. The van der Waals surface area contributed by atoms with Gasteiger partial charge in [0, 0.05) is 44.9 Å². The molecule has 2 aliphatic heterocycles. The molecule has 1 saturated heterocycles. The molecule has 34 heavy (non-hydrogen) atoms. The molecule has 188 valence electrons. The van der Waals surface area contributed by atoms with E-state index in [1.807, 2.05) is 6.26 Å². The first kappa shape index (κ1) is 25.3. The number of allylic oxidation sites excluding steroid dienone is 1. The lowest BCUT2D eigenvalue weighted by Crippen LogP contribution is -2.50. The molecule has 0 radical (unpaired) electrons. The molecule has 5 unspecified atom stereocenters. The minimum absolute atomic E-state index is 0.0791. The van der Waals surface area contributed by atoms with Crippen LogP contribution in [0.2, 0.25) is 0 Å². The van der Waals surface area contributed by atoms with Crippen molar-refractivity contribution in [3.63, 3.8) is 0 Å². The van der Waals surface area contributed by atoms with Crippen LogP contribution in [0.4, 0.5) is 0 Å². The molecule has 1 N–H and O–H groups in total. The summed E-state index contributed by atoms with van der Waals surface area (Å²) in [4.78, 5) is 53.3. The first-order valence-electron chi connectivity index (χ1n) is 13.1. The van der Waals surface area contributed by atoms with Crippen molar-refractivity contribution >= 4 is 35.4 Å². The number of amides is 4. The Kier molecular flexibility index (Phi) is 8.72. The standard InChI is InChI=1S/C26H39N3O4S/c1-34-22-16-25(32)28(26(22)33)15-13-23(30)27-14-12-24(31)29-17-20-8-3-2-6-18(20)10-11-19-7-4-5-9-21(19)29/h10-11,18-22H,2-9,12-17H2,1H3,(H,27,30)/b11-10-. The highest BCUT2D eigenvalue weighted by Crippen LogP contribution is 2.38. The first-order chi connectivity index (χ1) is 16.5. The number of likely N-dealkylation sites (tertiary alicyclic amines) is 1. The lowest BCUT2D eigenvalue weighted by Gasteiger charge is -2.44. The minimum Gasteiger partial charge on any atom is -0.356 e. The summed E-state index contributed by atoms with van der Waals surface area (Å²) < 4.78 is 0. The number of fused-ring (bicyclic) bond motifs is 2. The quantitative estimate of drug-likeness (QED) is 0.439. The molecule has 4 aliphatic rings. The number of carbonyl (C=O) groups is 4. The van der Waals surface area contributed by atoms with Crippen LogP contribution in [-0.2, 0) is 19.2 Å². The van der Waals surface area contributed by atoms with Gasteiger partial charge in [-0.3, -0.25) is 24.1 Å². The van der Waals surface area contributed by atoms with Crippen molar-refractivity contribution in [3.05, 3.63) is 12.2 Å². The van der Waals surface area contributed by atoms with E-state index in [-0.39, 0.29) is 54.3 Å². The summed E-state index contributed by atoms with van der Waals surface area (Å²) in [7, 11) is 0. The molecular weight excluding hydrogens is 450 g/mol. The molecule has 0 bridgehead atoms. The highest BCUT2D eigenvalue weighted by Gasteiger charge is 2.38. The van der Waals surface area contributed by atoms with Crippen molar-refractivity contribution in [2.45, 2.75) is 81.9 Å². The number of carbonyl (C=O) groups excluding carboxylic acids is 4. The van der Waals surface area contributed by atoms with Crippen LogP contribution in [0.15, 0.2) is 12.2 Å². The van der Waals surface area contributed by atoms with Crippen LogP contribution in [0.25, 0.3) is 0 Å². The predicted molar refractivity (Wildman–Crippen MR) is 133 cm³/mol. The van der Waals surface area contributed by atoms with Gasteiger partial charge in [0.15, 0.2) is 0 Å². The topological polar surface area (TPSA) is 86.8 Å². The molecule has 2 aliphatic carbocycles. The maximum absolute atomic E-state index is 13.3. The third kappa shape index (κ3) is 5.86. The van der Waals surface area contributed by atoms with Crippen LogP contribution >= 0.6 is 11.8 Å². The van der Waals surface area contributed by atoms with Gasteiger partial charge >= 0.3 is 0 Å². The fourth-order valence-corrected chi connectivity index (χ4v) is 6.89. The molecule has 2 saturated carbocycles. The molecule has 2 heterocycles. The van der Waals surface area contributed by atoms with Crippen LogP contribution in [0.5, 0.6) is 0 Å². The highest BCUT2D eigenvalue weighted by molar-refractivity contribution is 8.00. The van der Waals surface area contributed by atoms with Crippen molar-refractivity contribution in [3.8, 4) is 0 Å². The molecule has 0 aromatic rings. The van der Waals surface area contributed by atoms with Gasteiger partial charge in [0.2, 0.25) is 23.6 Å². The molecule has 4 amide bonds. The minimum atomic E-state index is -0.326. The summed E-state index contributed by atoms with van der Waals surface area (Å²) >= 11 is 1.37. The molecule has 0 aromatic heterocycles. The third-order valence-electron chi connectivity index (χ3n) is 8.22. The average molecular weight is 490 g/mol. The number of rotatable bonds is 7. The summed E-state index contributed by atoms with van der Waals surface area (Å²) in [5.41, 5.74) is 0. The number of nitrogens with one attached hydrogen (secondary N) is 1. The maximum Gasteiger partial charge on any atom is 0.242 e. The lowest BCUT2D eigenvalue weighted by atomic mass is 9.74. The van der Waals surface area contributed by atoms with Gasteiger partial charge in [-0.1, -0.05) is 37.8 Å². The Morgan fingerprint density at radius 2 is 1.71 bits per heavy atom. The second kappa shape index (κ2) is 11.7. The summed E-state index contributed by atoms with van der Waals surface area (Å²) in [6.45, 7) is 1.25. The Labute approximate surface area is 207 Å². The van der Waals surface area contributed by atoms with Crippen molar-refractivity contribution in [2.24, 2.45) is 17.8 Å². The Hall–Kier alpha value is -1.83. The van der Waals surface area contributed by atoms with E-state index >= 15 is 0 Å². The Bertz CT molecular complexity index is 816. The Morgan fingerprint density at radius 3 is 2.47 bits per heavy atom. The van der Waals surface area contributed by atoms with Gasteiger partial charge in [0.05, 0.1) is 5.25 Å². The summed E-state index contributed by atoms with van der Waals surface area (Å²) in [6.07, 6.45) is 16.9. The number of imide groups is 1. The molecule has 7 nitrogen and oxygen atoms in total. The number of hydrogen-bond donors (Lipinski definition) is 1. The SMILES string of the molecule is CSC1CC(=O)N(CCC(=O)NCCC(=O)N2CC3CCCCC3/C=C\C3CCCCC32)C1=O. The van der Waals surface area contributed by atoms with Crippen molar-refractivity contribution in [1.29, 1.82) is 0 Å². The van der Waals surface area contributed by atoms with Crippen LogP contribution in [0.1, 0.15) is 70.6 Å². The number of hydrogen-bond acceptors (Lipinski definition) is 5. The Morgan fingerprint density at radius 1 is 1.00 bits per heavy atom. The second-order valence-electron chi connectivity index (χ2n) is 10.3. The monoisotopic (exact) mass is 489 g/mol.